The number of hydrazine groups is 1. The van der Waals surface area contributed by atoms with Gasteiger partial charge in [0.2, 0.25) is 0 Å². The minimum absolute atomic E-state index is 0.0305. The van der Waals surface area contributed by atoms with Crippen LogP contribution >= 0.6 is 0 Å². The Bertz CT molecular complexity index is 662. The lowest BCUT2D eigenvalue weighted by molar-refractivity contribution is -0.384. The van der Waals surface area contributed by atoms with Crippen LogP contribution in [0, 0.1) is 10.1 Å². The maximum absolute atomic E-state index is 10.7. The smallest absolute Gasteiger partial charge is 0.269 e. The molecule has 0 aliphatic carbocycles. The summed E-state index contributed by atoms with van der Waals surface area (Å²) in [6, 6.07) is 7.89. The predicted molar refractivity (Wildman–Crippen MR) is 80.6 cm³/mol. The van der Waals surface area contributed by atoms with Crippen LogP contribution in [0.1, 0.15) is 26.5 Å². The van der Waals surface area contributed by atoms with Crippen LogP contribution in [0.15, 0.2) is 30.3 Å². The molecule has 3 N–H and O–H groups in total. The van der Waals surface area contributed by atoms with E-state index in [4.69, 9.17) is 5.84 Å². The second-order valence-corrected chi connectivity index (χ2v) is 5.66. The number of benzene rings is 1. The summed E-state index contributed by atoms with van der Waals surface area (Å²) in [6.07, 6.45) is 0. The summed E-state index contributed by atoms with van der Waals surface area (Å²) in [6.45, 7) is 6.11. The molecule has 2 aromatic rings. The Morgan fingerprint density at radius 2 is 1.81 bits per heavy atom. The molecule has 0 unspecified atom stereocenters. The van der Waals surface area contributed by atoms with Crippen LogP contribution < -0.4 is 11.3 Å². The summed E-state index contributed by atoms with van der Waals surface area (Å²) in [5, 5.41) is 10.7. The number of nitrogen functional groups attached to an aromatic ring is 1. The fourth-order valence-corrected chi connectivity index (χ4v) is 1.77. The molecule has 21 heavy (non-hydrogen) atoms. The molecule has 2 rings (SSSR count). The molecule has 7 heteroatoms. The molecule has 0 saturated heterocycles. The van der Waals surface area contributed by atoms with Gasteiger partial charge in [0.15, 0.2) is 5.82 Å². The van der Waals surface area contributed by atoms with Crippen LogP contribution in [-0.2, 0) is 5.41 Å². The van der Waals surface area contributed by atoms with Gasteiger partial charge in [-0.15, -0.1) is 0 Å². The van der Waals surface area contributed by atoms with Crippen molar-refractivity contribution in [3.05, 3.63) is 46.1 Å². The van der Waals surface area contributed by atoms with E-state index in [0.29, 0.717) is 17.2 Å². The van der Waals surface area contributed by atoms with E-state index < -0.39 is 4.92 Å². The zero-order valence-electron chi connectivity index (χ0n) is 12.1. The first-order valence-corrected chi connectivity index (χ1v) is 6.42. The SMILES string of the molecule is CC(C)(C)c1cc(NN)nc(-c2ccc([N+](=O)[O-])cc2)n1. The van der Waals surface area contributed by atoms with Crippen molar-refractivity contribution in [2.75, 3.05) is 5.43 Å². The quantitative estimate of drug-likeness (QED) is 0.510. The predicted octanol–water partition coefficient (Wildman–Crippen LogP) is 2.63. The maximum Gasteiger partial charge on any atom is 0.269 e. The van der Waals surface area contributed by atoms with Crippen molar-refractivity contribution in [1.29, 1.82) is 0 Å². The molecule has 0 bridgehead atoms. The molecular formula is C14H17N5O2. The zero-order chi connectivity index (χ0) is 15.6. The van der Waals surface area contributed by atoms with Gasteiger partial charge in [0.25, 0.3) is 5.69 Å². The Morgan fingerprint density at radius 3 is 2.29 bits per heavy atom. The van der Waals surface area contributed by atoms with Crippen molar-refractivity contribution in [2.45, 2.75) is 26.2 Å². The van der Waals surface area contributed by atoms with Gasteiger partial charge in [-0.2, -0.15) is 0 Å². The summed E-state index contributed by atoms with van der Waals surface area (Å²) < 4.78 is 0. The molecule has 110 valence electrons. The Balaban J connectivity index is 2.50. The van der Waals surface area contributed by atoms with Gasteiger partial charge in [-0.25, -0.2) is 15.8 Å². The summed E-state index contributed by atoms with van der Waals surface area (Å²) in [5.41, 5.74) is 3.92. The van der Waals surface area contributed by atoms with Crippen LogP contribution in [0.5, 0.6) is 0 Å². The number of nitrogens with two attached hydrogens (primary N) is 1. The Hall–Kier alpha value is -2.54. The van der Waals surface area contributed by atoms with Crippen LogP contribution in [0.3, 0.4) is 0 Å². The normalized spacial score (nSPS) is 11.2. The molecule has 0 saturated carbocycles. The monoisotopic (exact) mass is 287 g/mol. The van der Waals surface area contributed by atoms with Gasteiger partial charge in [0, 0.05) is 29.2 Å². The van der Waals surface area contributed by atoms with E-state index >= 15 is 0 Å². The lowest BCUT2D eigenvalue weighted by Crippen LogP contribution is -2.17. The number of non-ortho nitro benzene ring substituents is 1. The number of anilines is 1. The number of nitro benzene ring substituents is 1. The number of rotatable bonds is 3. The zero-order valence-corrected chi connectivity index (χ0v) is 12.1. The topological polar surface area (TPSA) is 107 Å². The first kappa shape index (κ1) is 14.9. The number of nitrogens with one attached hydrogen (secondary N) is 1. The van der Waals surface area contributed by atoms with E-state index in [0.717, 1.165) is 5.69 Å². The van der Waals surface area contributed by atoms with E-state index in [-0.39, 0.29) is 11.1 Å². The fraction of sp³-hybridized carbons (Fsp3) is 0.286. The van der Waals surface area contributed by atoms with E-state index in [9.17, 15) is 10.1 Å². The molecular weight excluding hydrogens is 270 g/mol. The van der Waals surface area contributed by atoms with Crippen molar-refractivity contribution in [2.24, 2.45) is 5.84 Å². The Labute approximate surface area is 122 Å². The summed E-state index contributed by atoms with van der Waals surface area (Å²) in [7, 11) is 0. The summed E-state index contributed by atoms with van der Waals surface area (Å²) >= 11 is 0. The summed E-state index contributed by atoms with van der Waals surface area (Å²) in [4.78, 5) is 19.1. The van der Waals surface area contributed by atoms with Crippen LogP contribution in [0.25, 0.3) is 11.4 Å². The van der Waals surface area contributed by atoms with Gasteiger partial charge in [-0.1, -0.05) is 20.8 Å². The van der Waals surface area contributed by atoms with Crippen molar-refractivity contribution in [1.82, 2.24) is 9.97 Å². The molecule has 1 aromatic carbocycles. The van der Waals surface area contributed by atoms with Crippen molar-refractivity contribution < 1.29 is 4.92 Å². The summed E-state index contributed by atoms with van der Waals surface area (Å²) in [5.74, 6) is 6.42. The van der Waals surface area contributed by atoms with E-state index in [1.165, 1.54) is 12.1 Å². The second-order valence-electron chi connectivity index (χ2n) is 5.66. The molecule has 0 amide bonds. The number of nitrogens with zero attached hydrogens (tertiary/aromatic N) is 3. The molecule has 1 heterocycles. The highest BCUT2D eigenvalue weighted by molar-refractivity contribution is 5.59. The molecule has 0 spiro atoms. The van der Waals surface area contributed by atoms with E-state index in [1.807, 2.05) is 20.8 Å². The van der Waals surface area contributed by atoms with Crippen molar-refractivity contribution >= 4 is 11.5 Å². The lowest BCUT2D eigenvalue weighted by atomic mass is 9.92. The van der Waals surface area contributed by atoms with Gasteiger partial charge in [0.05, 0.1) is 10.6 Å². The Kier molecular flexibility index (Phi) is 3.86. The largest absolute Gasteiger partial charge is 0.308 e. The number of hydrogen-bond donors (Lipinski definition) is 2. The first-order valence-electron chi connectivity index (χ1n) is 6.42. The highest BCUT2D eigenvalue weighted by atomic mass is 16.6. The van der Waals surface area contributed by atoms with Crippen molar-refractivity contribution in [3.63, 3.8) is 0 Å². The molecule has 0 fully saturated rings. The van der Waals surface area contributed by atoms with E-state index in [1.54, 1.807) is 18.2 Å². The van der Waals surface area contributed by atoms with Gasteiger partial charge in [-0.3, -0.25) is 10.1 Å². The van der Waals surface area contributed by atoms with Crippen LogP contribution in [0.4, 0.5) is 11.5 Å². The van der Waals surface area contributed by atoms with Crippen LogP contribution in [0.2, 0.25) is 0 Å². The number of aromatic nitrogens is 2. The average molecular weight is 287 g/mol. The highest BCUT2D eigenvalue weighted by Crippen LogP contribution is 2.26. The molecule has 0 aliphatic heterocycles. The highest BCUT2D eigenvalue weighted by Gasteiger charge is 2.18. The lowest BCUT2D eigenvalue weighted by Gasteiger charge is -2.19. The van der Waals surface area contributed by atoms with Gasteiger partial charge >= 0.3 is 0 Å². The molecule has 0 atom stereocenters. The van der Waals surface area contributed by atoms with Gasteiger partial charge in [-0.05, 0) is 12.1 Å². The first-order chi connectivity index (χ1) is 9.81. The second kappa shape index (κ2) is 5.45. The van der Waals surface area contributed by atoms with Gasteiger partial charge < -0.3 is 5.43 Å². The standard InChI is InChI=1S/C14H17N5O2/c1-14(2,3)11-8-12(18-15)17-13(16-11)9-4-6-10(7-5-9)19(20)21/h4-8H,15H2,1-3H3,(H,16,17,18). The van der Waals surface area contributed by atoms with Crippen LogP contribution in [-0.4, -0.2) is 14.9 Å². The molecule has 0 radical (unpaired) electrons. The molecule has 7 nitrogen and oxygen atoms in total. The Morgan fingerprint density at radius 1 is 1.19 bits per heavy atom. The number of nitro groups is 1. The maximum atomic E-state index is 10.7. The van der Waals surface area contributed by atoms with E-state index in [2.05, 4.69) is 15.4 Å². The van der Waals surface area contributed by atoms with Crippen molar-refractivity contribution in [3.8, 4) is 11.4 Å². The third-order valence-corrected chi connectivity index (χ3v) is 2.98. The number of hydrogen-bond acceptors (Lipinski definition) is 6. The third kappa shape index (κ3) is 3.32. The minimum atomic E-state index is -0.441. The molecule has 1 aromatic heterocycles. The fourth-order valence-electron chi connectivity index (χ4n) is 1.77. The van der Waals surface area contributed by atoms with Gasteiger partial charge in [0.1, 0.15) is 5.82 Å². The minimum Gasteiger partial charge on any atom is -0.308 e. The third-order valence-electron chi connectivity index (χ3n) is 2.98. The average Bonchev–Trinajstić information content (AvgIpc) is 2.46. The molecule has 0 aliphatic rings.